The van der Waals surface area contributed by atoms with E-state index in [1.54, 1.807) is 6.20 Å². The van der Waals surface area contributed by atoms with E-state index in [4.69, 9.17) is 0 Å². The van der Waals surface area contributed by atoms with Crippen LogP contribution in [0.3, 0.4) is 0 Å². The van der Waals surface area contributed by atoms with Crippen molar-refractivity contribution in [3.8, 4) is 0 Å². The number of rotatable bonds is 3. The Hall–Kier alpha value is -1.37. The predicted octanol–water partition coefficient (Wildman–Crippen LogP) is 3.70. The Morgan fingerprint density at radius 1 is 1.43 bits per heavy atom. The molecule has 0 aliphatic heterocycles. The molecule has 0 aromatic carbocycles. The van der Waals surface area contributed by atoms with Crippen molar-refractivity contribution in [2.24, 2.45) is 5.92 Å². The zero-order valence-corrected chi connectivity index (χ0v) is 9.12. The van der Waals surface area contributed by atoms with Crippen molar-refractivity contribution in [1.29, 1.82) is 0 Å². The number of pyridine rings is 1. The smallest absolute Gasteiger partial charge is 0.0695 e. The summed E-state index contributed by atoms with van der Waals surface area (Å²) in [5, 5.41) is 0. The topological polar surface area (TPSA) is 12.9 Å². The summed E-state index contributed by atoms with van der Waals surface area (Å²) in [6, 6.07) is 5.87. The number of hydrogen-bond donors (Lipinski definition) is 0. The van der Waals surface area contributed by atoms with Crippen LogP contribution in [0.25, 0.3) is 5.57 Å². The highest BCUT2D eigenvalue weighted by Gasteiger charge is 1.99. The SMILES string of the molecule is C=C(/C=C(\C)C(C)C)c1ccccn1. The van der Waals surface area contributed by atoms with E-state index in [0.29, 0.717) is 5.92 Å². The van der Waals surface area contributed by atoms with E-state index in [1.165, 1.54) is 5.57 Å². The molecular formula is C13H17N. The van der Waals surface area contributed by atoms with Crippen LogP contribution >= 0.6 is 0 Å². The highest BCUT2D eigenvalue weighted by Crippen LogP contribution is 2.16. The lowest BCUT2D eigenvalue weighted by Gasteiger charge is -2.06. The Bertz CT molecular complexity index is 334. The van der Waals surface area contributed by atoms with Crippen LogP contribution in [-0.4, -0.2) is 4.98 Å². The zero-order chi connectivity index (χ0) is 10.6. The molecule has 0 fully saturated rings. The van der Waals surface area contributed by atoms with Crippen LogP contribution in [-0.2, 0) is 0 Å². The molecule has 0 saturated heterocycles. The van der Waals surface area contributed by atoms with Crippen LogP contribution in [0.2, 0.25) is 0 Å². The third-order valence-corrected chi connectivity index (χ3v) is 2.31. The normalized spacial score (nSPS) is 11.9. The van der Waals surface area contributed by atoms with Gasteiger partial charge in [-0.15, -0.1) is 0 Å². The van der Waals surface area contributed by atoms with Crippen molar-refractivity contribution < 1.29 is 0 Å². The van der Waals surface area contributed by atoms with Crippen LogP contribution in [0.15, 0.2) is 42.6 Å². The first kappa shape index (κ1) is 10.7. The van der Waals surface area contributed by atoms with E-state index in [2.05, 4.69) is 38.4 Å². The first-order valence-corrected chi connectivity index (χ1v) is 4.89. The summed E-state index contributed by atoms with van der Waals surface area (Å²) in [4.78, 5) is 4.25. The Morgan fingerprint density at radius 2 is 2.14 bits per heavy atom. The minimum atomic E-state index is 0.565. The van der Waals surface area contributed by atoms with Gasteiger partial charge in [-0.3, -0.25) is 4.98 Å². The molecule has 0 atom stereocenters. The molecular weight excluding hydrogens is 170 g/mol. The van der Waals surface area contributed by atoms with Gasteiger partial charge in [-0.2, -0.15) is 0 Å². The number of aromatic nitrogens is 1. The van der Waals surface area contributed by atoms with Crippen molar-refractivity contribution >= 4 is 5.57 Å². The molecule has 1 aromatic rings. The minimum absolute atomic E-state index is 0.565. The van der Waals surface area contributed by atoms with Crippen molar-refractivity contribution in [1.82, 2.24) is 4.98 Å². The van der Waals surface area contributed by atoms with Crippen molar-refractivity contribution in [3.63, 3.8) is 0 Å². The van der Waals surface area contributed by atoms with E-state index < -0.39 is 0 Å². The van der Waals surface area contributed by atoms with Crippen molar-refractivity contribution in [2.45, 2.75) is 20.8 Å². The van der Waals surface area contributed by atoms with Gasteiger partial charge in [0.05, 0.1) is 5.69 Å². The summed E-state index contributed by atoms with van der Waals surface area (Å²) < 4.78 is 0. The lowest BCUT2D eigenvalue weighted by Crippen LogP contribution is -1.90. The molecule has 0 saturated carbocycles. The Balaban J connectivity index is 2.83. The maximum absolute atomic E-state index is 4.25. The van der Waals surface area contributed by atoms with Gasteiger partial charge in [0.25, 0.3) is 0 Å². The molecule has 0 bridgehead atoms. The first-order chi connectivity index (χ1) is 6.61. The number of allylic oxidation sites excluding steroid dienone is 3. The molecule has 14 heavy (non-hydrogen) atoms. The minimum Gasteiger partial charge on any atom is -0.256 e. The second-order valence-electron chi connectivity index (χ2n) is 3.78. The van der Waals surface area contributed by atoms with Crippen molar-refractivity contribution in [2.75, 3.05) is 0 Å². The van der Waals surface area contributed by atoms with Crippen LogP contribution in [0.5, 0.6) is 0 Å². The lowest BCUT2D eigenvalue weighted by molar-refractivity contribution is 0.770. The lowest BCUT2D eigenvalue weighted by atomic mass is 10.0. The molecule has 1 heterocycles. The predicted molar refractivity (Wildman–Crippen MR) is 61.9 cm³/mol. The molecule has 0 spiro atoms. The standard InChI is InChI=1S/C13H17N/c1-10(2)11(3)9-12(4)13-7-5-6-8-14-13/h5-10H,4H2,1-3H3/b11-9+. The second-order valence-corrected chi connectivity index (χ2v) is 3.78. The molecule has 1 rings (SSSR count). The third-order valence-electron chi connectivity index (χ3n) is 2.31. The van der Waals surface area contributed by atoms with E-state index >= 15 is 0 Å². The van der Waals surface area contributed by atoms with Gasteiger partial charge >= 0.3 is 0 Å². The van der Waals surface area contributed by atoms with Gasteiger partial charge in [0, 0.05) is 6.20 Å². The van der Waals surface area contributed by atoms with Gasteiger partial charge in [0.15, 0.2) is 0 Å². The molecule has 1 heteroatoms. The first-order valence-electron chi connectivity index (χ1n) is 4.89. The Morgan fingerprint density at radius 3 is 2.64 bits per heavy atom. The van der Waals surface area contributed by atoms with Gasteiger partial charge in [-0.1, -0.05) is 38.1 Å². The van der Waals surface area contributed by atoms with Crippen LogP contribution in [0, 0.1) is 5.92 Å². The second kappa shape index (κ2) is 4.75. The summed E-state index contributed by atoms with van der Waals surface area (Å²) >= 11 is 0. The van der Waals surface area contributed by atoms with Crippen molar-refractivity contribution in [3.05, 3.63) is 48.3 Å². The summed E-state index contributed by atoms with van der Waals surface area (Å²) in [7, 11) is 0. The van der Waals surface area contributed by atoms with E-state index in [0.717, 1.165) is 11.3 Å². The van der Waals surface area contributed by atoms with Gasteiger partial charge < -0.3 is 0 Å². The van der Waals surface area contributed by atoms with Crippen LogP contribution in [0.1, 0.15) is 26.5 Å². The maximum atomic E-state index is 4.25. The zero-order valence-electron chi connectivity index (χ0n) is 9.12. The highest BCUT2D eigenvalue weighted by atomic mass is 14.7. The Kier molecular flexibility index (Phi) is 3.63. The van der Waals surface area contributed by atoms with Crippen LogP contribution in [0.4, 0.5) is 0 Å². The summed E-state index contributed by atoms with van der Waals surface area (Å²) in [6.07, 6.45) is 3.89. The molecule has 0 aliphatic rings. The monoisotopic (exact) mass is 187 g/mol. The molecule has 0 radical (unpaired) electrons. The average Bonchev–Trinajstić information content (AvgIpc) is 2.19. The van der Waals surface area contributed by atoms with E-state index in [1.807, 2.05) is 18.2 Å². The Labute approximate surface area is 86.2 Å². The fourth-order valence-electron chi connectivity index (χ4n) is 1.07. The molecule has 0 N–H and O–H groups in total. The molecule has 0 unspecified atom stereocenters. The van der Waals surface area contributed by atoms with Gasteiger partial charge in [0.1, 0.15) is 0 Å². The largest absolute Gasteiger partial charge is 0.256 e. The van der Waals surface area contributed by atoms with Gasteiger partial charge in [-0.05, 0) is 30.5 Å². The molecule has 0 aliphatic carbocycles. The summed E-state index contributed by atoms with van der Waals surface area (Å²) in [6.45, 7) is 10.5. The van der Waals surface area contributed by atoms with E-state index in [9.17, 15) is 0 Å². The van der Waals surface area contributed by atoms with E-state index in [-0.39, 0.29) is 0 Å². The molecule has 1 aromatic heterocycles. The molecule has 1 nitrogen and oxygen atoms in total. The average molecular weight is 187 g/mol. The van der Waals surface area contributed by atoms with Crippen LogP contribution < -0.4 is 0 Å². The molecule has 0 amide bonds. The number of nitrogens with zero attached hydrogens (tertiary/aromatic N) is 1. The molecule has 74 valence electrons. The highest BCUT2D eigenvalue weighted by molar-refractivity contribution is 5.69. The fourth-order valence-corrected chi connectivity index (χ4v) is 1.07. The summed E-state index contributed by atoms with van der Waals surface area (Å²) in [5.74, 6) is 0.565. The third kappa shape index (κ3) is 2.84. The maximum Gasteiger partial charge on any atom is 0.0695 e. The quantitative estimate of drug-likeness (QED) is 0.657. The summed E-state index contributed by atoms with van der Waals surface area (Å²) in [5.41, 5.74) is 3.27. The van der Waals surface area contributed by atoms with Gasteiger partial charge in [-0.25, -0.2) is 0 Å². The van der Waals surface area contributed by atoms with Gasteiger partial charge in [0.2, 0.25) is 0 Å². The number of hydrogen-bond acceptors (Lipinski definition) is 1. The fraction of sp³-hybridized carbons (Fsp3) is 0.308.